The number of pyridine rings is 1. The maximum atomic E-state index is 9.50. The Morgan fingerprint density at radius 1 is 0.714 bits per heavy atom. The van der Waals surface area contributed by atoms with Gasteiger partial charge in [0.15, 0.2) is 5.69 Å². The minimum Gasteiger partial charge on any atom is -0.255 e. The van der Waals surface area contributed by atoms with Crippen molar-refractivity contribution in [1.82, 2.24) is 4.57 Å². The molecule has 2 heterocycles. The zero-order valence-electron chi connectivity index (χ0n) is 29.6. The van der Waals surface area contributed by atoms with Gasteiger partial charge in [-0.2, -0.15) is 4.40 Å². The van der Waals surface area contributed by atoms with Gasteiger partial charge >= 0.3 is 0 Å². The van der Waals surface area contributed by atoms with Gasteiger partial charge in [-0.1, -0.05) is 102 Å². The second-order valence-electron chi connectivity index (χ2n) is 10.5. The van der Waals surface area contributed by atoms with Gasteiger partial charge in [-0.3, -0.25) is 4.39 Å². The Kier molecular flexibility index (Phi) is 14.4. The number of rotatable bonds is 3. The standard InChI is InChI=1S/C32H37N2.3C2H6.CH3F/c1-10-21(5)25-16-20(4)17-27-26-15-18(2)11-12-28(26)34-31(24(8)33(9)32(34)30(25)27)29-22(6)13-19(3)14-23(29)7;4*1-2/h11-17,21H,10H2,1-9H3;3*1-2H3;1H3/q+1;;;;. The summed E-state index contributed by atoms with van der Waals surface area (Å²) < 4.78 is 14.5. The number of halogens is 1. The summed E-state index contributed by atoms with van der Waals surface area (Å²) in [7, 11) is 2.74. The highest BCUT2D eigenvalue weighted by Crippen LogP contribution is 2.38. The van der Waals surface area contributed by atoms with E-state index in [0.717, 1.165) is 6.42 Å². The van der Waals surface area contributed by atoms with Gasteiger partial charge in [-0.15, -0.1) is 0 Å². The summed E-state index contributed by atoms with van der Waals surface area (Å²) in [6.45, 7) is 30.1. The van der Waals surface area contributed by atoms with Crippen molar-refractivity contribution in [3.05, 3.63) is 81.5 Å². The fourth-order valence-corrected chi connectivity index (χ4v) is 6.04. The van der Waals surface area contributed by atoms with Gasteiger partial charge in [0.1, 0.15) is 11.2 Å². The molecule has 0 radical (unpaired) electrons. The van der Waals surface area contributed by atoms with Crippen LogP contribution in [0.25, 0.3) is 38.6 Å². The highest BCUT2D eigenvalue weighted by atomic mass is 19.1. The summed E-state index contributed by atoms with van der Waals surface area (Å²) in [5.41, 5.74) is 14.7. The van der Waals surface area contributed by atoms with Crippen molar-refractivity contribution in [3.8, 4) is 11.3 Å². The Labute approximate surface area is 256 Å². The lowest BCUT2D eigenvalue weighted by Gasteiger charge is -2.16. The molecule has 0 saturated heterocycles. The smallest absolute Gasteiger partial charge is 0.255 e. The van der Waals surface area contributed by atoms with Crippen molar-refractivity contribution >= 4 is 27.3 Å². The number of nitrogens with zero attached hydrogens (tertiary/aromatic N) is 2. The summed E-state index contributed by atoms with van der Waals surface area (Å²) in [4.78, 5) is 0. The van der Waals surface area contributed by atoms with Gasteiger partial charge in [0.05, 0.1) is 19.6 Å². The molecule has 0 aliphatic rings. The van der Waals surface area contributed by atoms with E-state index in [1.807, 2.05) is 41.5 Å². The van der Waals surface area contributed by atoms with Gasteiger partial charge < -0.3 is 0 Å². The largest absolute Gasteiger partial charge is 0.295 e. The van der Waals surface area contributed by atoms with Crippen LogP contribution in [0.3, 0.4) is 0 Å². The first-order chi connectivity index (χ1) is 20.1. The summed E-state index contributed by atoms with van der Waals surface area (Å²) >= 11 is 0. The van der Waals surface area contributed by atoms with E-state index >= 15 is 0 Å². The summed E-state index contributed by atoms with van der Waals surface area (Å²) in [5.74, 6) is 0.495. The van der Waals surface area contributed by atoms with E-state index in [0.29, 0.717) is 13.1 Å². The van der Waals surface area contributed by atoms with Crippen molar-refractivity contribution in [2.75, 3.05) is 7.18 Å². The number of alkyl halides is 1. The van der Waals surface area contributed by atoms with Gasteiger partial charge in [-0.05, 0) is 75.8 Å². The topological polar surface area (TPSA) is 9.03 Å². The minimum atomic E-state index is 0.495. The van der Waals surface area contributed by atoms with Gasteiger partial charge in [0.25, 0.3) is 5.65 Å². The predicted octanol–water partition coefficient (Wildman–Crippen LogP) is 11.8. The van der Waals surface area contributed by atoms with E-state index in [2.05, 4.69) is 114 Å². The normalized spacial score (nSPS) is 11.0. The van der Waals surface area contributed by atoms with Crippen molar-refractivity contribution < 1.29 is 8.79 Å². The van der Waals surface area contributed by atoms with Crippen LogP contribution in [-0.2, 0) is 7.05 Å². The van der Waals surface area contributed by atoms with Crippen LogP contribution in [0.1, 0.15) is 107 Å². The molecule has 0 bridgehead atoms. The number of imidazole rings is 1. The Morgan fingerprint density at radius 3 is 1.74 bits per heavy atom. The number of hydrogen-bond acceptors (Lipinski definition) is 0. The predicted molar refractivity (Wildman–Crippen MR) is 187 cm³/mol. The van der Waals surface area contributed by atoms with Crippen LogP contribution in [-0.4, -0.2) is 11.7 Å². The molecule has 0 amide bonds. The quantitative estimate of drug-likeness (QED) is 0.150. The van der Waals surface area contributed by atoms with E-state index in [4.69, 9.17) is 0 Å². The molecule has 1 atom stereocenters. The summed E-state index contributed by atoms with van der Waals surface area (Å²) in [6, 6.07) is 16.4. The molecule has 2 nitrogen and oxygen atoms in total. The second-order valence-corrected chi connectivity index (χ2v) is 10.5. The molecule has 42 heavy (non-hydrogen) atoms. The number of aryl methyl sites for hydroxylation is 6. The molecule has 3 aromatic carbocycles. The third kappa shape index (κ3) is 6.72. The highest BCUT2D eigenvalue weighted by molar-refractivity contribution is 6.11. The maximum Gasteiger partial charge on any atom is 0.295 e. The number of fused-ring (bicyclic) bond motifs is 6. The molecular weight excluding hydrogens is 515 g/mol. The van der Waals surface area contributed by atoms with E-state index in [1.54, 1.807) is 0 Å². The lowest BCUT2D eigenvalue weighted by atomic mass is 9.90. The Balaban J connectivity index is 0.00000102. The maximum absolute atomic E-state index is 9.50. The molecular formula is C39H58FN2+. The molecule has 5 aromatic rings. The van der Waals surface area contributed by atoms with E-state index in [-0.39, 0.29) is 0 Å². The fourth-order valence-electron chi connectivity index (χ4n) is 6.04. The number of benzene rings is 3. The van der Waals surface area contributed by atoms with E-state index in [1.165, 1.54) is 77.7 Å². The van der Waals surface area contributed by atoms with E-state index < -0.39 is 0 Å². The molecule has 2 aromatic heterocycles. The fraction of sp³-hybridized carbons (Fsp3) is 0.462. The first kappa shape index (κ1) is 36.8. The average molecular weight is 574 g/mol. The zero-order valence-corrected chi connectivity index (χ0v) is 29.6. The van der Waals surface area contributed by atoms with Crippen molar-refractivity contribution in [2.45, 2.75) is 109 Å². The average Bonchev–Trinajstić information content (AvgIpc) is 3.25. The zero-order chi connectivity index (χ0) is 32.5. The van der Waals surface area contributed by atoms with Crippen LogP contribution in [0.4, 0.5) is 4.39 Å². The monoisotopic (exact) mass is 573 g/mol. The van der Waals surface area contributed by atoms with Crippen LogP contribution < -0.4 is 4.40 Å². The minimum absolute atomic E-state index is 0.495. The summed E-state index contributed by atoms with van der Waals surface area (Å²) in [5, 5.41) is 4.12. The van der Waals surface area contributed by atoms with Crippen molar-refractivity contribution in [1.29, 1.82) is 0 Å². The number of hydrogen-bond donors (Lipinski definition) is 0. The van der Waals surface area contributed by atoms with Gasteiger partial charge in [0, 0.05) is 23.3 Å². The summed E-state index contributed by atoms with van der Waals surface area (Å²) in [6.07, 6.45) is 1.13. The van der Waals surface area contributed by atoms with Gasteiger partial charge in [-0.25, -0.2) is 4.57 Å². The molecule has 0 aliphatic carbocycles. The molecule has 1 unspecified atom stereocenters. The van der Waals surface area contributed by atoms with Crippen molar-refractivity contribution in [2.24, 2.45) is 7.05 Å². The van der Waals surface area contributed by atoms with Crippen LogP contribution >= 0.6 is 0 Å². The number of aromatic nitrogens is 2. The Morgan fingerprint density at radius 2 is 1.21 bits per heavy atom. The van der Waals surface area contributed by atoms with Crippen LogP contribution in [0.2, 0.25) is 0 Å². The molecule has 0 fully saturated rings. The van der Waals surface area contributed by atoms with Crippen molar-refractivity contribution in [3.63, 3.8) is 0 Å². The van der Waals surface area contributed by atoms with Crippen LogP contribution in [0.5, 0.6) is 0 Å². The Hall–Kier alpha value is -3.20. The van der Waals surface area contributed by atoms with Crippen LogP contribution in [0.15, 0.2) is 42.5 Å². The lowest BCUT2D eigenvalue weighted by molar-refractivity contribution is -0.467. The van der Waals surface area contributed by atoms with Gasteiger partial charge in [0.2, 0.25) is 0 Å². The molecule has 0 saturated carbocycles. The lowest BCUT2D eigenvalue weighted by Crippen LogP contribution is -2.26. The van der Waals surface area contributed by atoms with Crippen LogP contribution in [0, 0.1) is 41.5 Å². The molecule has 5 rings (SSSR count). The highest BCUT2D eigenvalue weighted by Gasteiger charge is 2.30. The Bertz CT molecular complexity index is 1600. The molecule has 0 N–H and O–H groups in total. The second kappa shape index (κ2) is 16.4. The molecule has 0 spiro atoms. The SMILES string of the molecule is CC.CC.CC.CCC(C)c1cc(C)cc2c3cc(C)ccc3[n+]3c(-c4c(C)cc(C)cc4C)c(C)n(C)c3c12.CF. The first-order valence-electron chi connectivity index (χ1n) is 16.0. The molecule has 3 heteroatoms. The molecule has 230 valence electrons. The first-order valence-corrected chi connectivity index (χ1v) is 16.0. The third-order valence-corrected chi connectivity index (χ3v) is 7.88. The molecule has 0 aliphatic heterocycles. The third-order valence-electron chi connectivity index (χ3n) is 7.88. The van der Waals surface area contributed by atoms with E-state index in [9.17, 15) is 4.39 Å².